The van der Waals surface area contributed by atoms with Crippen molar-refractivity contribution < 1.29 is 28.6 Å². The number of carbonyl (C=O) groups is 3. The minimum atomic E-state index is -0.967. The summed E-state index contributed by atoms with van der Waals surface area (Å²) in [7, 11) is 2.39. The fourth-order valence-corrected chi connectivity index (χ4v) is 4.71. The van der Waals surface area contributed by atoms with Crippen LogP contribution < -0.4 is 10.6 Å². The Morgan fingerprint density at radius 2 is 1.49 bits per heavy atom. The number of allylic oxidation sites excluding steroid dienone is 1. The molecule has 208 valence electrons. The second kappa shape index (κ2) is 12.2. The number of nitrogens with two attached hydrogens (primary N) is 1. The molecule has 0 aliphatic carbocycles. The van der Waals surface area contributed by atoms with Crippen LogP contribution in [0.5, 0.6) is 0 Å². The van der Waals surface area contributed by atoms with E-state index in [4.69, 9.17) is 19.9 Å². The summed E-state index contributed by atoms with van der Waals surface area (Å²) >= 11 is 0. The van der Waals surface area contributed by atoms with E-state index in [1.54, 1.807) is 80.6 Å². The van der Waals surface area contributed by atoms with Gasteiger partial charge in [-0.15, -0.1) is 0 Å². The molecule has 0 spiro atoms. The van der Waals surface area contributed by atoms with Gasteiger partial charge in [0.1, 0.15) is 11.5 Å². The molecule has 1 heterocycles. The lowest BCUT2D eigenvalue weighted by Gasteiger charge is -2.36. The largest absolute Gasteiger partial charge is 0.466 e. The van der Waals surface area contributed by atoms with Gasteiger partial charge >= 0.3 is 17.9 Å². The van der Waals surface area contributed by atoms with Crippen LogP contribution in [0.3, 0.4) is 0 Å². The Morgan fingerprint density at radius 1 is 0.854 bits per heavy atom. The number of methoxy groups -OCH3 is 2. The molecule has 0 bridgehead atoms. The van der Waals surface area contributed by atoms with Gasteiger partial charge in [0.25, 0.3) is 0 Å². The number of ether oxygens (including phenoxy) is 3. The number of hydrogen-bond donors (Lipinski definition) is 1. The molecule has 1 aliphatic heterocycles. The monoisotopic (exact) mass is 551 g/mol. The fourth-order valence-electron chi connectivity index (χ4n) is 4.71. The van der Waals surface area contributed by atoms with Crippen molar-refractivity contribution in [3.05, 3.63) is 113 Å². The number of hydrogen-bond acceptors (Lipinski definition) is 9. The maximum absolute atomic E-state index is 13.3. The van der Waals surface area contributed by atoms with Gasteiger partial charge in [-0.25, -0.2) is 14.4 Å². The SMILES string of the molecule is COC(=O)C1=C(C(=O)OC)N(c2cccc(-c3cccc(C(=O)OC(C)C)c3)c2)C(N)=C(C#N)C1c1ccccc1. The summed E-state index contributed by atoms with van der Waals surface area (Å²) in [5.74, 6) is -3.11. The molecule has 3 aromatic carbocycles. The van der Waals surface area contributed by atoms with Gasteiger partial charge in [0.2, 0.25) is 0 Å². The summed E-state index contributed by atoms with van der Waals surface area (Å²) in [6.45, 7) is 3.54. The highest BCUT2D eigenvalue weighted by molar-refractivity contribution is 6.06. The second-order valence-electron chi connectivity index (χ2n) is 9.42. The number of nitrogens with zero attached hydrogens (tertiary/aromatic N) is 2. The van der Waals surface area contributed by atoms with Gasteiger partial charge in [0, 0.05) is 5.69 Å². The highest BCUT2D eigenvalue weighted by Crippen LogP contribution is 2.43. The Hall–Kier alpha value is -5.36. The molecule has 9 heteroatoms. The smallest absolute Gasteiger partial charge is 0.355 e. The average Bonchev–Trinajstić information content (AvgIpc) is 2.99. The van der Waals surface area contributed by atoms with E-state index in [0.717, 1.165) is 0 Å². The van der Waals surface area contributed by atoms with E-state index in [9.17, 15) is 19.6 Å². The minimum Gasteiger partial charge on any atom is -0.466 e. The first-order chi connectivity index (χ1) is 19.7. The van der Waals surface area contributed by atoms with E-state index >= 15 is 0 Å². The summed E-state index contributed by atoms with van der Waals surface area (Å²) in [4.78, 5) is 40.4. The maximum atomic E-state index is 13.3. The van der Waals surface area contributed by atoms with Crippen LogP contribution >= 0.6 is 0 Å². The van der Waals surface area contributed by atoms with Crippen LogP contribution in [-0.2, 0) is 23.8 Å². The maximum Gasteiger partial charge on any atom is 0.355 e. The molecule has 41 heavy (non-hydrogen) atoms. The molecule has 1 aliphatic rings. The number of anilines is 1. The summed E-state index contributed by atoms with van der Waals surface area (Å²) in [6, 6.07) is 24.8. The summed E-state index contributed by atoms with van der Waals surface area (Å²) in [6.07, 6.45) is -0.273. The van der Waals surface area contributed by atoms with E-state index in [0.29, 0.717) is 27.9 Å². The lowest BCUT2D eigenvalue weighted by Crippen LogP contribution is -2.40. The van der Waals surface area contributed by atoms with Crippen molar-refractivity contribution in [1.82, 2.24) is 0 Å². The molecule has 3 aromatic rings. The summed E-state index contributed by atoms with van der Waals surface area (Å²) < 4.78 is 15.5. The molecule has 0 saturated carbocycles. The van der Waals surface area contributed by atoms with Crippen molar-refractivity contribution in [1.29, 1.82) is 5.26 Å². The minimum absolute atomic E-state index is 0.0409. The molecular formula is C32H29N3O6. The van der Waals surface area contributed by atoms with E-state index in [1.807, 2.05) is 12.1 Å². The Balaban J connectivity index is 1.93. The molecule has 0 fully saturated rings. The van der Waals surface area contributed by atoms with Crippen LogP contribution in [0.25, 0.3) is 11.1 Å². The number of benzene rings is 3. The lowest BCUT2D eigenvalue weighted by atomic mass is 9.81. The normalized spacial score (nSPS) is 14.9. The highest BCUT2D eigenvalue weighted by atomic mass is 16.5. The van der Waals surface area contributed by atoms with Crippen molar-refractivity contribution in [3.63, 3.8) is 0 Å². The van der Waals surface area contributed by atoms with Crippen molar-refractivity contribution in [3.8, 4) is 17.2 Å². The van der Waals surface area contributed by atoms with Crippen LogP contribution in [0, 0.1) is 11.3 Å². The van der Waals surface area contributed by atoms with E-state index in [1.165, 1.54) is 19.1 Å². The third-order valence-electron chi connectivity index (χ3n) is 6.49. The van der Waals surface area contributed by atoms with Crippen molar-refractivity contribution in [2.45, 2.75) is 25.9 Å². The first-order valence-corrected chi connectivity index (χ1v) is 12.8. The molecule has 0 saturated heterocycles. The summed E-state index contributed by atoms with van der Waals surface area (Å²) in [5.41, 5.74) is 9.13. The molecule has 0 aromatic heterocycles. The molecule has 1 atom stereocenters. The molecular weight excluding hydrogens is 522 g/mol. The standard InChI is InChI=1S/C32H29N3O6/c1-19(2)41-30(36)23-14-8-12-21(16-23)22-13-9-15-24(17-22)35-28(32(38)40-4)27(31(37)39-3)26(25(18-33)29(35)34)20-10-6-5-7-11-20/h5-17,19,26H,34H2,1-4H3. The highest BCUT2D eigenvalue weighted by Gasteiger charge is 2.43. The number of nitriles is 1. The Labute approximate surface area is 238 Å². The predicted molar refractivity (Wildman–Crippen MR) is 152 cm³/mol. The van der Waals surface area contributed by atoms with E-state index < -0.39 is 23.8 Å². The van der Waals surface area contributed by atoms with Crippen LogP contribution in [0.15, 0.2) is 102 Å². The van der Waals surface area contributed by atoms with Gasteiger partial charge in [-0.05, 0) is 54.8 Å². The van der Waals surface area contributed by atoms with Crippen LogP contribution in [0.1, 0.15) is 35.7 Å². The van der Waals surface area contributed by atoms with Crippen molar-refractivity contribution >= 4 is 23.6 Å². The number of rotatable bonds is 7. The lowest BCUT2D eigenvalue weighted by molar-refractivity contribution is -0.139. The van der Waals surface area contributed by atoms with Crippen LogP contribution in [-0.4, -0.2) is 38.2 Å². The van der Waals surface area contributed by atoms with E-state index in [2.05, 4.69) is 6.07 Å². The predicted octanol–water partition coefficient (Wildman–Crippen LogP) is 4.82. The topological polar surface area (TPSA) is 132 Å². The second-order valence-corrected chi connectivity index (χ2v) is 9.42. The van der Waals surface area contributed by atoms with Gasteiger partial charge in [-0.1, -0.05) is 54.6 Å². The molecule has 1 unspecified atom stereocenters. The van der Waals surface area contributed by atoms with Gasteiger partial charge in [-0.3, -0.25) is 4.90 Å². The molecule has 0 amide bonds. The summed E-state index contributed by atoms with van der Waals surface area (Å²) in [5, 5.41) is 10.2. The molecule has 2 N–H and O–H groups in total. The van der Waals surface area contributed by atoms with Crippen molar-refractivity contribution in [2.75, 3.05) is 19.1 Å². The third-order valence-corrected chi connectivity index (χ3v) is 6.49. The van der Waals surface area contributed by atoms with E-state index in [-0.39, 0.29) is 28.8 Å². The Kier molecular flexibility index (Phi) is 8.54. The third kappa shape index (κ3) is 5.68. The number of esters is 3. The van der Waals surface area contributed by atoms with Gasteiger partial charge < -0.3 is 19.9 Å². The number of carbonyl (C=O) groups excluding carboxylic acids is 3. The Morgan fingerprint density at radius 3 is 2.10 bits per heavy atom. The first-order valence-electron chi connectivity index (χ1n) is 12.8. The van der Waals surface area contributed by atoms with Gasteiger partial charge in [0.15, 0.2) is 0 Å². The Bertz CT molecular complexity index is 1600. The van der Waals surface area contributed by atoms with Gasteiger partial charge in [0.05, 0.1) is 49.0 Å². The zero-order valence-corrected chi connectivity index (χ0v) is 23.1. The zero-order valence-electron chi connectivity index (χ0n) is 23.1. The first kappa shape index (κ1) is 28.6. The van der Waals surface area contributed by atoms with Gasteiger partial charge in [-0.2, -0.15) is 5.26 Å². The van der Waals surface area contributed by atoms with Crippen LogP contribution in [0.4, 0.5) is 5.69 Å². The average molecular weight is 552 g/mol. The van der Waals surface area contributed by atoms with Crippen LogP contribution in [0.2, 0.25) is 0 Å². The molecule has 0 radical (unpaired) electrons. The molecule has 9 nitrogen and oxygen atoms in total. The zero-order chi connectivity index (χ0) is 29.7. The molecule has 4 rings (SSSR count). The fraction of sp³-hybridized carbons (Fsp3) is 0.188. The quantitative estimate of drug-likeness (QED) is 0.324. The van der Waals surface area contributed by atoms with Crippen molar-refractivity contribution in [2.24, 2.45) is 5.73 Å².